The van der Waals surface area contributed by atoms with E-state index in [1.165, 1.54) is 6.07 Å². The van der Waals surface area contributed by atoms with Gasteiger partial charge in [-0.2, -0.15) is 0 Å². The molecule has 0 aliphatic carbocycles. The molecular weight excluding hydrogens is 320 g/mol. The third-order valence-electron chi connectivity index (χ3n) is 4.59. The van der Waals surface area contributed by atoms with E-state index in [-0.39, 0.29) is 22.6 Å². The summed E-state index contributed by atoms with van der Waals surface area (Å²) < 4.78 is 0. The molecule has 1 aromatic rings. The molecule has 1 atom stereocenters. The Morgan fingerprint density at radius 3 is 2.52 bits per heavy atom. The molecule has 1 amide bonds. The van der Waals surface area contributed by atoms with E-state index in [9.17, 15) is 14.9 Å². The Labute approximate surface area is 149 Å². The van der Waals surface area contributed by atoms with Crippen molar-refractivity contribution in [2.45, 2.75) is 26.8 Å². The second-order valence-corrected chi connectivity index (χ2v) is 7.04. The monoisotopic (exact) mass is 348 g/mol. The molecule has 1 aromatic carbocycles. The second-order valence-electron chi connectivity index (χ2n) is 7.04. The molecule has 0 saturated carbocycles. The molecule has 1 N–H and O–H groups in total. The van der Waals surface area contributed by atoms with Crippen molar-refractivity contribution in [1.29, 1.82) is 0 Å². The topological polar surface area (TPSA) is 78.7 Å². The molecule has 0 aromatic heterocycles. The maximum atomic E-state index is 11.9. The first kappa shape index (κ1) is 19.3. The number of carbonyl (C=O) groups excluding carboxylic acids is 1. The minimum Gasteiger partial charge on any atom is -0.355 e. The third kappa shape index (κ3) is 5.79. The maximum Gasteiger partial charge on any atom is 0.269 e. The van der Waals surface area contributed by atoms with Crippen molar-refractivity contribution >= 4 is 11.6 Å². The Hall–Kier alpha value is -1.99. The molecule has 1 fully saturated rings. The van der Waals surface area contributed by atoms with Crippen molar-refractivity contribution in [2.75, 3.05) is 39.3 Å². The molecule has 7 heteroatoms. The first-order chi connectivity index (χ1) is 11.9. The zero-order valence-electron chi connectivity index (χ0n) is 15.3. The van der Waals surface area contributed by atoms with Gasteiger partial charge in [0, 0.05) is 50.9 Å². The SMILES string of the molecule is CC(C)CNC(=O)CN1CCN(C(C)c2cccc([N+](=O)[O-])c2)CC1. The highest BCUT2D eigenvalue weighted by Gasteiger charge is 2.24. The number of nitro benzene ring substituents is 1. The first-order valence-corrected chi connectivity index (χ1v) is 8.84. The normalized spacial score (nSPS) is 17.4. The number of benzene rings is 1. The molecule has 1 aliphatic heterocycles. The highest BCUT2D eigenvalue weighted by molar-refractivity contribution is 5.78. The Bertz CT molecular complexity index is 598. The van der Waals surface area contributed by atoms with Gasteiger partial charge >= 0.3 is 0 Å². The lowest BCUT2D eigenvalue weighted by atomic mass is 10.1. The van der Waals surface area contributed by atoms with Gasteiger partial charge in [0.2, 0.25) is 5.91 Å². The van der Waals surface area contributed by atoms with Gasteiger partial charge < -0.3 is 5.32 Å². The molecule has 0 bridgehead atoms. The van der Waals surface area contributed by atoms with Crippen LogP contribution in [0.4, 0.5) is 5.69 Å². The zero-order valence-corrected chi connectivity index (χ0v) is 15.3. The minimum atomic E-state index is -0.357. The zero-order chi connectivity index (χ0) is 18.4. The van der Waals surface area contributed by atoms with Crippen LogP contribution in [-0.4, -0.2) is 59.9 Å². The fourth-order valence-corrected chi connectivity index (χ4v) is 2.99. The molecule has 7 nitrogen and oxygen atoms in total. The molecule has 1 heterocycles. The number of nitrogens with one attached hydrogen (secondary N) is 1. The van der Waals surface area contributed by atoms with Crippen molar-refractivity contribution < 1.29 is 9.72 Å². The quantitative estimate of drug-likeness (QED) is 0.603. The van der Waals surface area contributed by atoms with Crippen LogP contribution in [0.5, 0.6) is 0 Å². The van der Waals surface area contributed by atoms with Crippen molar-refractivity contribution in [3.8, 4) is 0 Å². The summed E-state index contributed by atoms with van der Waals surface area (Å²) in [6.45, 7) is 10.7. The van der Waals surface area contributed by atoms with E-state index >= 15 is 0 Å². The summed E-state index contributed by atoms with van der Waals surface area (Å²) in [6, 6.07) is 6.96. The third-order valence-corrected chi connectivity index (χ3v) is 4.59. The van der Waals surface area contributed by atoms with Crippen LogP contribution in [0.25, 0.3) is 0 Å². The van der Waals surface area contributed by atoms with Gasteiger partial charge in [0.1, 0.15) is 0 Å². The number of nitro groups is 1. The summed E-state index contributed by atoms with van der Waals surface area (Å²) in [5.41, 5.74) is 1.09. The van der Waals surface area contributed by atoms with E-state index in [0.717, 1.165) is 31.7 Å². The lowest BCUT2D eigenvalue weighted by molar-refractivity contribution is -0.385. The van der Waals surface area contributed by atoms with Crippen LogP contribution in [0.1, 0.15) is 32.4 Å². The summed E-state index contributed by atoms with van der Waals surface area (Å²) >= 11 is 0. The lowest BCUT2D eigenvalue weighted by Crippen LogP contribution is -2.50. The standard InChI is InChI=1S/C18H28N4O3/c1-14(2)12-19-18(23)13-20-7-9-21(10-8-20)15(3)16-5-4-6-17(11-16)22(24)25/h4-6,11,14-15H,7-10,12-13H2,1-3H3,(H,19,23). The average molecular weight is 348 g/mol. The van der Waals surface area contributed by atoms with Gasteiger partial charge in [-0.25, -0.2) is 0 Å². The molecule has 25 heavy (non-hydrogen) atoms. The van der Waals surface area contributed by atoms with E-state index < -0.39 is 0 Å². The fourth-order valence-electron chi connectivity index (χ4n) is 2.99. The number of piperazine rings is 1. The van der Waals surface area contributed by atoms with Crippen LogP contribution in [0.3, 0.4) is 0 Å². The molecule has 0 radical (unpaired) electrons. The van der Waals surface area contributed by atoms with Gasteiger partial charge in [0.05, 0.1) is 11.5 Å². The number of non-ortho nitro benzene ring substituents is 1. The predicted molar refractivity (Wildman–Crippen MR) is 97.4 cm³/mol. The average Bonchev–Trinajstić information content (AvgIpc) is 2.60. The van der Waals surface area contributed by atoms with E-state index in [2.05, 4.69) is 35.9 Å². The number of carbonyl (C=O) groups is 1. The number of amides is 1. The van der Waals surface area contributed by atoms with Gasteiger partial charge in [-0.1, -0.05) is 26.0 Å². The van der Waals surface area contributed by atoms with E-state index in [1.54, 1.807) is 12.1 Å². The van der Waals surface area contributed by atoms with E-state index in [1.807, 2.05) is 6.07 Å². The summed E-state index contributed by atoms with van der Waals surface area (Å²) in [5, 5.41) is 13.9. The lowest BCUT2D eigenvalue weighted by Gasteiger charge is -2.37. The van der Waals surface area contributed by atoms with Gasteiger partial charge in [0.25, 0.3) is 5.69 Å². The Morgan fingerprint density at radius 1 is 1.24 bits per heavy atom. The fraction of sp³-hybridized carbons (Fsp3) is 0.611. The number of hydrogen-bond acceptors (Lipinski definition) is 5. The van der Waals surface area contributed by atoms with Gasteiger partial charge in [-0.05, 0) is 18.4 Å². The van der Waals surface area contributed by atoms with Crippen LogP contribution in [0.2, 0.25) is 0 Å². The highest BCUT2D eigenvalue weighted by Crippen LogP contribution is 2.24. The van der Waals surface area contributed by atoms with Crippen LogP contribution in [0, 0.1) is 16.0 Å². The van der Waals surface area contributed by atoms with Gasteiger partial charge in [-0.3, -0.25) is 24.7 Å². The first-order valence-electron chi connectivity index (χ1n) is 8.84. The second kappa shape index (κ2) is 8.92. The van der Waals surface area contributed by atoms with Gasteiger partial charge in [-0.15, -0.1) is 0 Å². The Kier molecular flexibility index (Phi) is 6.90. The summed E-state index contributed by atoms with van der Waals surface area (Å²) in [4.78, 5) is 27.0. The van der Waals surface area contributed by atoms with Crippen molar-refractivity contribution in [3.63, 3.8) is 0 Å². The maximum absolute atomic E-state index is 11.9. The van der Waals surface area contributed by atoms with E-state index in [0.29, 0.717) is 19.0 Å². The van der Waals surface area contributed by atoms with Crippen molar-refractivity contribution in [1.82, 2.24) is 15.1 Å². The molecule has 0 spiro atoms. The van der Waals surface area contributed by atoms with Crippen molar-refractivity contribution in [3.05, 3.63) is 39.9 Å². The van der Waals surface area contributed by atoms with E-state index in [4.69, 9.17) is 0 Å². The molecule has 138 valence electrons. The van der Waals surface area contributed by atoms with Crippen molar-refractivity contribution in [2.24, 2.45) is 5.92 Å². The molecule has 1 saturated heterocycles. The number of rotatable bonds is 7. The smallest absolute Gasteiger partial charge is 0.269 e. The molecule has 1 aliphatic rings. The Balaban J connectivity index is 1.84. The summed E-state index contributed by atoms with van der Waals surface area (Å²) in [6.07, 6.45) is 0. The number of hydrogen-bond donors (Lipinski definition) is 1. The minimum absolute atomic E-state index is 0.0777. The summed E-state index contributed by atoms with van der Waals surface area (Å²) in [5.74, 6) is 0.533. The molecular formula is C18H28N4O3. The van der Waals surface area contributed by atoms with Crippen LogP contribution >= 0.6 is 0 Å². The number of nitrogens with zero attached hydrogens (tertiary/aromatic N) is 3. The molecule has 2 rings (SSSR count). The largest absolute Gasteiger partial charge is 0.355 e. The predicted octanol–water partition coefficient (Wildman–Crippen LogP) is 2.05. The van der Waals surface area contributed by atoms with Crippen LogP contribution < -0.4 is 5.32 Å². The Morgan fingerprint density at radius 2 is 1.92 bits per heavy atom. The van der Waals surface area contributed by atoms with Crippen LogP contribution in [0.15, 0.2) is 24.3 Å². The van der Waals surface area contributed by atoms with Crippen LogP contribution in [-0.2, 0) is 4.79 Å². The summed E-state index contributed by atoms with van der Waals surface area (Å²) in [7, 11) is 0. The molecule has 1 unspecified atom stereocenters. The van der Waals surface area contributed by atoms with Gasteiger partial charge in [0.15, 0.2) is 0 Å². The highest BCUT2D eigenvalue weighted by atomic mass is 16.6.